The van der Waals surface area contributed by atoms with Gasteiger partial charge in [0.15, 0.2) is 6.10 Å². The topological polar surface area (TPSA) is 80.6 Å². The van der Waals surface area contributed by atoms with Gasteiger partial charge in [-0.2, -0.15) is 0 Å². The lowest BCUT2D eigenvalue weighted by atomic mass is 9.86. The van der Waals surface area contributed by atoms with Crippen molar-refractivity contribution in [2.24, 2.45) is 0 Å². The summed E-state index contributed by atoms with van der Waals surface area (Å²) in [6.45, 7) is 15.0. The van der Waals surface area contributed by atoms with Crippen LogP contribution in [0.5, 0.6) is 5.75 Å². The number of hydrogen-bond acceptors (Lipinski definition) is 3. The second kappa shape index (κ2) is 13.1. The highest BCUT2D eigenvalue weighted by Gasteiger charge is 2.19. The maximum atomic E-state index is 13.3. The molecule has 5 rings (SSSR count). The lowest BCUT2D eigenvalue weighted by Crippen LogP contribution is -2.26. The molecule has 0 aliphatic heterocycles. The maximum Gasteiger partial charge on any atom is 0.344 e. The summed E-state index contributed by atoms with van der Waals surface area (Å²) in [5.41, 5.74) is 9.41. The number of rotatable bonds is 9. The Bertz CT molecular complexity index is 1900. The minimum atomic E-state index is -1.05. The molecule has 4 aromatic carbocycles. The van der Waals surface area contributed by atoms with Crippen molar-refractivity contribution in [2.45, 2.75) is 72.6 Å². The molecular formula is C39H41ClN2O4. The molecule has 0 fully saturated rings. The molecule has 46 heavy (non-hydrogen) atoms. The van der Waals surface area contributed by atoms with E-state index >= 15 is 0 Å². The molecule has 0 unspecified atom stereocenters. The van der Waals surface area contributed by atoms with Gasteiger partial charge in [-0.15, -0.1) is 0 Å². The van der Waals surface area contributed by atoms with Crippen LogP contribution in [0.2, 0.25) is 5.02 Å². The van der Waals surface area contributed by atoms with Crippen LogP contribution < -0.4 is 10.1 Å². The lowest BCUT2D eigenvalue weighted by molar-refractivity contribution is -0.144. The first kappa shape index (κ1) is 32.8. The minimum Gasteiger partial charge on any atom is -0.479 e. The van der Waals surface area contributed by atoms with E-state index in [0.717, 1.165) is 44.4 Å². The molecule has 238 valence electrons. The first-order valence-corrected chi connectivity index (χ1v) is 15.9. The Balaban J connectivity index is 1.32. The molecule has 0 saturated heterocycles. The van der Waals surface area contributed by atoms with Crippen molar-refractivity contribution in [3.63, 3.8) is 0 Å². The number of nitrogens with one attached hydrogen (secondary N) is 1. The fourth-order valence-corrected chi connectivity index (χ4v) is 5.79. The van der Waals surface area contributed by atoms with Gasteiger partial charge in [0.2, 0.25) is 0 Å². The molecule has 6 nitrogen and oxygen atoms in total. The van der Waals surface area contributed by atoms with Crippen molar-refractivity contribution in [1.82, 2.24) is 9.88 Å². The van der Waals surface area contributed by atoms with E-state index in [1.54, 1.807) is 12.1 Å². The molecule has 0 aliphatic carbocycles. The predicted octanol–water partition coefficient (Wildman–Crippen LogP) is 9.27. The lowest BCUT2D eigenvalue weighted by Gasteiger charge is -2.20. The number of fused-ring (bicyclic) bond motifs is 1. The van der Waals surface area contributed by atoms with Crippen LogP contribution in [0.3, 0.4) is 0 Å². The number of carbonyl (C=O) groups excluding carboxylic acids is 1. The number of benzene rings is 4. The summed E-state index contributed by atoms with van der Waals surface area (Å²) in [6, 6.07) is 27.9. The smallest absolute Gasteiger partial charge is 0.344 e. The molecule has 0 bridgehead atoms. The van der Waals surface area contributed by atoms with Crippen molar-refractivity contribution >= 4 is 34.4 Å². The monoisotopic (exact) mass is 636 g/mol. The van der Waals surface area contributed by atoms with Crippen LogP contribution in [0.1, 0.15) is 79.0 Å². The Morgan fingerprint density at radius 1 is 0.891 bits per heavy atom. The third kappa shape index (κ3) is 6.97. The highest BCUT2D eigenvalue weighted by atomic mass is 35.5. The fraction of sp³-hybridized carbons (Fsp3) is 0.282. The molecule has 0 spiro atoms. The van der Waals surface area contributed by atoms with Gasteiger partial charge >= 0.3 is 5.97 Å². The van der Waals surface area contributed by atoms with Gasteiger partial charge in [-0.05, 0) is 96.8 Å². The number of aromatic nitrogens is 1. The van der Waals surface area contributed by atoms with E-state index < -0.39 is 12.1 Å². The van der Waals surface area contributed by atoms with Gasteiger partial charge < -0.3 is 19.7 Å². The summed E-state index contributed by atoms with van der Waals surface area (Å²) in [5.74, 6) is -0.816. The van der Waals surface area contributed by atoms with Crippen molar-refractivity contribution in [1.29, 1.82) is 0 Å². The third-order valence-corrected chi connectivity index (χ3v) is 9.05. The van der Waals surface area contributed by atoms with E-state index in [-0.39, 0.29) is 17.4 Å². The number of halogens is 1. The molecule has 0 aliphatic rings. The summed E-state index contributed by atoms with van der Waals surface area (Å²) in [7, 11) is 0. The van der Waals surface area contributed by atoms with E-state index in [0.29, 0.717) is 22.9 Å². The van der Waals surface area contributed by atoms with Crippen LogP contribution in [0.25, 0.3) is 22.0 Å². The molecule has 0 saturated carbocycles. The predicted molar refractivity (Wildman–Crippen MR) is 186 cm³/mol. The first-order valence-electron chi connectivity index (χ1n) is 15.5. The Hall–Kier alpha value is -4.55. The van der Waals surface area contributed by atoms with Crippen molar-refractivity contribution < 1.29 is 19.4 Å². The normalized spacial score (nSPS) is 13.0. The van der Waals surface area contributed by atoms with E-state index in [1.165, 1.54) is 12.5 Å². The number of amides is 1. The van der Waals surface area contributed by atoms with Crippen LogP contribution in [-0.4, -0.2) is 27.7 Å². The number of aliphatic carboxylic acids is 1. The van der Waals surface area contributed by atoms with Gasteiger partial charge in [0.05, 0.1) is 11.1 Å². The molecule has 2 atom stereocenters. The van der Waals surface area contributed by atoms with Crippen molar-refractivity contribution in [3.8, 4) is 16.9 Å². The Kier molecular flexibility index (Phi) is 9.32. The van der Waals surface area contributed by atoms with Gasteiger partial charge in [-0.25, -0.2) is 4.79 Å². The summed E-state index contributed by atoms with van der Waals surface area (Å²) in [4.78, 5) is 24.5. The van der Waals surface area contributed by atoms with Gasteiger partial charge in [-0.3, -0.25) is 4.79 Å². The SMILES string of the molecule is Cc1c(C)n(Cc2ccc(-c3ccc(Cl)c(O[C@H](C)C(=O)O)c3)cc2)c2ccc(C(=O)N[C@@H](C)c3ccc(C(C)(C)C)cc3)cc12. The zero-order valence-electron chi connectivity index (χ0n) is 27.4. The molecule has 7 heteroatoms. The van der Waals surface area contributed by atoms with Crippen LogP contribution in [0.15, 0.2) is 84.9 Å². The first-order chi connectivity index (χ1) is 21.7. The van der Waals surface area contributed by atoms with E-state index in [2.05, 4.69) is 80.9 Å². The molecule has 2 N–H and O–H groups in total. The Morgan fingerprint density at radius 2 is 1.54 bits per heavy atom. The maximum absolute atomic E-state index is 13.3. The van der Waals surface area contributed by atoms with Crippen LogP contribution in [0.4, 0.5) is 0 Å². The average molecular weight is 637 g/mol. The molecule has 1 heterocycles. The number of carbonyl (C=O) groups is 2. The molecule has 1 amide bonds. The van der Waals surface area contributed by atoms with Crippen molar-refractivity contribution in [3.05, 3.63) is 123 Å². The standard InChI is InChI=1S/C39H41ClN2O4/c1-23-25(3)42(22-27-8-10-29(11-9-27)30-14-18-34(40)36(21-30)46-26(4)38(44)45)35-19-15-31(20-33(23)35)37(43)41-24(2)28-12-16-32(17-13-28)39(5,6)7/h8-21,24,26H,22H2,1-7H3,(H,41,43)(H,44,45)/t24-,26+/m0/s1. The molecular weight excluding hydrogens is 596 g/mol. The van der Waals surface area contributed by atoms with Crippen LogP contribution in [-0.2, 0) is 16.8 Å². The summed E-state index contributed by atoms with van der Waals surface area (Å²) in [5, 5.41) is 13.8. The van der Waals surface area contributed by atoms with Gasteiger partial charge in [0, 0.05) is 28.7 Å². The minimum absolute atomic E-state index is 0.0820. The fourth-order valence-electron chi connectivity index (χ4n) is 5.63. The number of carboxylic acids is 1. The second-order valence-electron chi connectivity index (χ2n) is 13.0. The number of nitrogens with zero attached hydrogens (tertiary/aromatic N) is 1. The van der Waals surface area contributed by atoms with Gasteiger partial charge in [0.1, 0.15) is 5.75 Å². The zero-order chi connectivity index (χ0) is 33.3. The molecule has 5 aromatic rings. The second-order valence-corrected chi connectivity index (χ2v) is 13.4. The number of carboxylic acid groups (broad SMARTS) is 1. The zero-order valence-corrected chi connectivity index (χ0v) is 28.2. The highest BCUT2D eigenvalue weighted by molar-refractivity contribution is 6.32. The largest absolute Gasteiger partial charge is 0.479 e. The third-order valence-electron chi connectivity index (χ3n) is 8.74. The summed E-state index contributed by atoms with van der Waals surface area (Å²) >= 11 is 6.26. The Labute approximate surface area is 276 Å². The van der Waals surface area contributed by atoms with Crippen LogP contribution in [0, 0.1) is 13.8 Å². The number of aryl methyl sites for hydroxylation is 1. The quantitative estimate of drug-likeness (QED) is 0.169. The van der Waals surface area contributed by atoms with Crippen molar-refractivity contribution in [2.75, 3.05) is 0 Å². The van der Waals surface area contributed by atoms with E-state index in [4.69, 9.17) is 16.3 Å². The highest BCUT2D eigenvalue weighted by Crippen LogP contribution is 2.33. The van der Waals surface area contributed by atoms with Crippen LogP contribution >= 0.6 is 11.6 Å². The summed E-state index contributed by atoms with van der Waals surface area (Å²) < 4.78 is 7.82. The average Bonchev–Trinajstić information content (AvgIpc) is 3.26. The summed E-state index contributed by atoms with van der Waals surface area (Å²) in [6.07, 6.45) is -1.01. The van der Waals surface area contributed by atoms with E-state index in [9.17, 15) is 14.7 Å². The Morgan fingerprint density at radius 3 is 2.17 bits per heavy atom. The van der Waals surface area contributed by atoms with Gasteiger partial charge in [-0.1, -0.05) is 87.0 Å². The number of hydrogen-bond donors (Lipinski definition) is 2. The molecule has 1 aromatic heterocycles. The number of ether oxygens (including phenoxy) is 1. The molecule has 0 radical (unpaired) electrons. The van der Waals surface area contributed by atoms with E-state index in [1.807, 2.05) is 43.3 Å². The van der Waals surface area contributed by atoms with Gasteiger partial charge in [0.25, 0.3) is 5.91 Å².